The van der Waals surface area contributed by atoms with E-state index in [2.05, 4.69) is 10.1 Å². The number of aliphatic hydroxyl groups excluding tert-OH is 1. The van der Waals surface area contributed by atoms with Crippen LogP contribution >= 0.6 is 0 Å². The van der Waals surface area contributed by atoms with Gasteiger partial charge in [0.25, 0.3) is 5.91 Å². The van der Waals surface area contributed by atoms with Crippen LogP contribution in [0.4, 0.5) is 17.6 Å². The summed E-state index contributed by atoms with van der Waals surface area (Å²) in [6, 6.07) is 9.54. The first-order valence-corrected chi connectivity index (χ1v) is 13.6. The molecule has 0 aliphatic carbocycles. The molecule has 2 aromatic heterocycles. The van der Waals surface area contributed by atoms with E-state index in [1.165, 1.54) is 39.3 Å². The van der Waals surface area contributed by atoms with E-state index in [0.717, 1.165) is 6.20 Å². The van der Waals surface area contributed by atoms with Gasteiger partial charge in [-0.25, -0.2) is 13.9 Å². The van der Waals surface area contributed by atoms with Gasteiger partial charge in [-0.2, -0.15) is 18.3 Å². The van der Waals surface area contributed by atoms with Crippen LogP contribution in [0.1, 0.15) is 40.1 Å². The van der Waals surface area contributed by atoms with Crippen molar-refractivity contribution in [1.29, 1.82) is 0 Å². The smallest absolute Gasteiger partial charge is 0.433 e. The Bertz CT molecular complexity index is 1640. The predicted molar refractivity (Wildman–Crippen MR) is 150 cm³/mol. The SMILES string of the molecule is COc1ccc(-c2nc3c(C(=O)N4CCN([C@@H](CO)c5cc(F)ccc5OC)C[C@H]4C)cnn3c(C(F)(F)F)c2C)cc1. The molecule has 228 valence electrons. The zero-order valence-electron chi connectivity index (χ0n) is 24.0. The molecule has 0 saturated carbocycles. The molecule has 0 spiro atoms. The van der Waals surface area contributed by atoms with Crippen molar-refractivity contribution in [2.24, 2.45) is 0 Å². The van der Waals surface area contributed by atoms with Gasteiger partial charge in [0.2, 0.25) is 0 Å². The van der Waals surface area contributed by atoms with Crippen molar-refractivity contribution in [2.45, 2.75) is 32.1 Å². The zero-order chi connectivity index (χ0) is 31.1. The summed E-state index contributed by atoms with van der Waals surface area (Å²) in [6.45, 7) is 3.64. The van der Waals surface area contributed by atoms with E-state index < -0.39 is 35.7 Å². The van der Waals surface area contributed by atoms with Crippen molar-refractivity contribution in [3.8, 4) is 22.8 Å². The third kappa shape index (κ3) is 5.62. The highest BCUT2D eigenvalue weighted by Crippen LogP contribution is 2.37. The number of ether oxygens (including phenoxy) is 2. The average molecular weight is 602 g/mol. The molecule has 9 nitrogen and oxygen atoms in total. The van der Waals surface area contributed by atoms with Gasteiger partial charge >= 0.3 is 6.18 Å². The van der Waals surface area contributed by atoms with Crippen molar-refractivity contribution >= 4 is 11.6 Å². The second-order valence-corrected chi connectivity index (χ2v) is 10.4. The maximum absolute atomic E-state index is 14.3. The molecule has 4 aromatic rings. The Morgan fingerprint density at radius 2 is 1.84 bits per heavy atom. The molecule has 0 unspecified atom stereocenters. The van der Waals surface area contributed by atoms with E-state index in [1.807, 2.05) is 4.90 Å². The van der Waals surface area contributed by atoms with Crippen LogP contribution in [-0.2, 0) is 6.18 Å². The summed E-state index contributed by atoms with van der Waals surface area (Å²) in [5.41, 5.74) is -0.440. The zero-order valence-corrected chi connectivity index (χ0v) is 24.0. The van der Waals surface area contributed by atoms with Crippen LogP contribution < -0.4 is 9.47 Å². The third-order valence-electron chi connectivity index (χ3n) is 7.83. The highest BCUT2D eigenvalue weighted by Gasteiger charge is 2.40. The Morgan fingerprint density at radius 1 is 1.12 bits per heavy atom. The number of hydrogen-bond acceptors (Lipinski definition) is 7. The number of fused-ring (bicyclic) bond motifs is 1. The Labute approximate surface area is 245 Å². The molecule has 1 aliphatic rings. The minimum Gasteiger partial charge on any atom is -0.497 e. The van der Waals surface area contributed by atoms with E-state index in [-0.39, 0.29) is 35.6 Å². The second kappa shape index (κ2) is 11.8. The number of methoxy groups -OCH3 is 2. The largest absolute Gasteiger partial charge is 0.497 e. The van der Waals surface area contributed by atoms with E-state index in [0.29, 0.717) is 40.2 Å². The molecular weight excluding hydrogens is 570 g/mol. The first kappa shape index (κ1) is 30.2. The molecule has 1 fully saturated rings. The highest BCUT2D eigenvalue weighted by molar-refractivity contribution is 6.00. The second-order valence-electron chi connectivity index (χ2n) is 10.4. The fourth-order valence-electron chi connectivity index (χ4n) is 5.69. The molecule has 43 heavy (non-hydrogen) atoms. The molecule has 1 aliphatic heterocycles. The van der Waals surface area contributed by atoms with E-state index in [1.54, 1.807) is 36.1 Å². The monoisotopic (exact) mass is 601 g/mol. The van der Waals surface area contributed by atoms with Crippen molar-refractivity contribution in [2.75, 3.05) is 40.5 Å². The van der Waals surface area contributed by atoms with Gasteiger partial charge in [-0.15, -0.1) is 0 Å². The number of halogens is 4. The van der Waals surface area contributed by atoms with Crippen LogP contribution in [0.15, 0.2) is 48.7 Å². The molecule has 2 aromatic carbocycles. The van der Waals surface area contributed by atoms with Gasteiger partial charge < -0.3 is 19.5 Å². The summed E-state index contributed by atoms with van der Waals surface area (Å²) >= 11 is 0. The number of alkyl halides is 3. The topological polar surface area (TPSA) is 92.4 Å². The van der Waals surface area contributed by atoms with E-state index in [4.69, 9.17) is 9.47 Å². The molecule has 13 heteroatoms. The maximum atomic E-state index is 14.3. The van der Waals surface area contributed by atoms with Gasteiger partial charge in [0.05, 0.1) is 38.8 Å². The molecule has 2 atom stereocenters. The van der Waals surface area contributed by atoms with Crippen molar-refractivity contribution in [1.82, 2.24) is 24.4 Å². The predicted octanol–water partition coefficient (Wildman–Crippen LogP) is 4.76. The van der Waals surface area contributed by atoms with Crippen LogP contribution in [0.5, 0.6) is 11.5 Å². The average Bonchev–Trinajstić information content (AvgIpc) is 3.39. The summed E-state index contributed by atoms with van der Waals surface area (Å²) in [5.74, 6) is -0.0333. The van der Waals surface area contributed by atoms with Gasteiger partial charge in [-0.3, -0.25) is 9.69 Å². The summed E-state index contributed by atoms with van der Waals surface area (Å²) < 4.78 is 68.3. The number of carbonyl (C=O) groups is 1. The van der Waals surface area contributed by atoms with Crippen LogP contribution in [0.2, 0.25) is 0 Å². The third-order valence-corrected chi connectivity index (χ3v) is 7.83. The number of aliphatic hydroxyl groups is 1. The highest BCUT2D eigenvalue weighted by atomic mass is 19.4. The minimum absolute atomic E-state index is 0.0638. The summed E-state index contributed by atoms with van der Waals surface area (Å²) in [6.07, 6.45) is -3.65. The van der Waals surface area contributed by atoms with Gasteiger partial charge in [0, 0.05) is 42.4 Å². The number of nitrogens with zero attached hydrogens (tertiary/aromatic N) is 5. The quantitative estimate of drug-likeness (QED) is 0.306. The first-order valence-electron chi connectivity index (χ1n) is 13.6. The Kier molecular flexibility index (Phi) is 8.30. The molecule has 1 N–H and O–H groups in total. The fraction of sp³-hybridized carbons (Fsp3) is 0.367. The number of carbonyl (C=O) groups excluding carboxylic acids is 1. The number of benzene rings is 2. The lowest BCUT2D eigenvalue weighted by Gasteiger charge is -2.43. The first-order chi connectivity index (χ1) is 20.5. The number of rotatable bonds is 7. The Morgan fingerprint density at radius 3 is 2.44 bits per heavy atom. The molecule has 5 rings (SSSR count). The lowest BCUT2D eigenvalue weighted by Crippen LogP contribution is -2.55. The summed E-state index contributed by atoms with van der Waals surface area (Å²) in [4.78, 5) is 21.8. The number of aromatic nitrogens is 3. The lowest BCUT2D eigenvalue weighted by atomic mass is 10.0. The normalized spacial score (nSPS) is 16.9. The number of amides is 1. The Hall–Kier alpha value is -4.23. The van der Waals surface area contributed by atoms with Crippen molar-refractivity contribution in [3.05, 3.63) is 76.9 Å². The van der Waals surface area contributed by atoms with Gasteiger partial charge in [0.15, 0.2) is 11.3 Å². The van der Waals surface area contributed by atoms with Crippen LogP contribution in [0.3, 0.4) is 0 Å². The van der Waals surface area contributed by atoms with Gasteiger partial charge in [0.1, 0.15) is 22.9 Å². The number of hydrogen-bond donors (Lipinski definition) is 1. The molecule has 3 heterocycles. The molecule has 0 bridgehead atoms. The Balaban J connectivity index is 1.48. The molecule has 1 saturated heterocycles. The van der Waals surface area contributed by atoms with Crippen molar-refractivity contribution < 1.29 is 36.9 Å². The molecule has 1 amide bonds. The standard InChI is InChI=1S/C30H31F4N5O4/c1-17-15-37(24(16-40)22-13-20(31)7-10-25(22)43-4)11-12-38(17)29(41)23-14-35-39-27(30(32,33)34)18(2)26(36-28(23)39)19-5-8-21(42-3)9-6-19/h5-10,13-14,17,24,40H,11-12,15-16H2,1-4H3/t17-,24+/m1/s1. The van der Waals surface area contributed by atoms with Crippen LogP contribution in [0.25, 0.3) is 16.9 Å². The van der Waals surface area contributed by atoms with E-state index in [9.17, 15) is 27.5 Å². The summed E-state index contributed by atoms with van der Waals surface area (Å²) in [5, 5.41) is 14.2. The lowest BCUT2D eigenvalue weighted by molar-refractivity contribution is -0.143. The van der Waals surface area contributed by atoms with Gasteiger partial charge in [-0.1, -0.05) is 0 Å². The molecular formula is C30H31F4N5O4. The minimum atomic E-state index is -4.77. The fourth-order valence-corrected chi connectivity index (χ4v) is 5.69. The summed E-state index contributed by atoms with van der Waals surface area (Å²) in [7, 11) is 2.94. The van der Waals surface area contributed by atoms with E-state index >= 15 is 0 Å². The van der Waals surface area contributed by atoms with Gasteiger partial charge in [-0.05, 0) is 56.3 Å². The van der Waals surface area contributed by atoms with Crippen molar-refractivity contribution in [3.63, 3.8) is 0 Å². The van der Waals surface area contributed by atoms with Crippen LogP contribution in [0, 0.1) is 12.7 Å². The maximum Gasteiger partial charge on any atom is 0.433 e. The number of piperazine rings is 1. The molecule has 0 radical (unpaired) electrons. The van der Waals surface area contributed by atoms with Crippen LogP contribution in [-0.4, -0.2) is 81.9 Å².